The Morgan fingerprint density at radius 1 is 0.950 bits per heavy atom. The Labute approximate surface area is 117 Å². The first-order chi connectivity index (χ1) is 9.63. The number of fused-ring (bicyclic) bond motifs is 1. The lowest BCUT2D eigenvalue weighted by atomic mass is 10.0. The number of hydrogen-bond donors (Lipinski definition) is 1. The van der Waals surface area contributed by atoms with Gasteiger partial charge in [-0.1, -0.05) is 41.5 Å². The molecule has 2 aromatic carbocycles. The highest BCUT2D eigenvalue weighted by Crippen LogP contribution is 2.23. The summed E-state index contributed by atoms with van der Waals surface area (Å²) in [5, 5.41) is 10.5. The number of benzene rings is 2. The molecule has 0 spiro atoms. The maximum atomic E-state index is 10.5. The molecule has 3 aromatic rings. The monoisotopic (exact) mass is 264 g/mol. The third-order valence-corrected chi connectivity index (χ3v) is 3.31. The minimum Gasteiger partial charge on any atom is -0.382 e. The van der Waals surface area contributed by atoms with Gasteiger partial charge in [-0.2, -0.15) is 0 Å². The van der Waals surface area contributed by atoms with Crippen molar-refractivity contribution in [2.45, 2.75) is 20.0 Å². The van der Waals surface area contributed by atoms with Crippen molar-refractivity contribution in [2.24, 2.45) is 0 Å². The molecule has 100 valence electrons. The first-order valence-electron chi connectivity index (χ1n) is 6.61. The van der Waals surface area contributed by atoms with Crippen LogP contribution in [-0.2, 0) is 0 Å². The van der Waals surface area contributed by atoms with Crippen molar-refractivity contribution >= 4 is 11.0 Å². The van der Waals surface area contributed by atoms with Crippen LogP contribution in [0.25, 0.3) is 11.0 Å². The zero-order chi connectivity index (χ0) is 14.1. The van der Waals surface area contributed by atoms with E-state index in [9.17, 15) is 5.11 Å². The van der Waals surface area contributed by atoms with Crippen molar-refractivity contribution in [1.29, 1.82) is 0 Å². The second kappa shape index (κ2) is 5.02. The highest BCUT2D eigenvalue weighted by atomic mass is 16.3. The predicted molar refractivity (Wildman–Crippen MR) is 79.5 cm³/mol. The van der Waals surface area contributed by atoms with E-state index in [2.05, 4.69) is 16.0 Å². The van der Waals surface area contributed by atoms with Crippen molar-refractivity contribution in [2.75, 3.05) is 0 Å². The third-order valence-electron chi connectivity index (χ3n) is 3.31. The van der Waals surface area contributed by atoms with Crippen molar-refractivity contribution in [3.63, 3.8) is 0 Å². The molecule has 1 heterocycles. The normalized spacial score (nSPS) is 12.6. The molecule has 0 saturated heterocycles. The van der Waals surface area contributed by atoms with Gasteiger partial charge in [0.1, 0.15) is 6.10 Å². The summed E-state index contributed by atoms with van der Waals surface area (Å²) in [5.74, 6) is 0. The van der Waals surface area contributed by atoms with E-state index in [-0.39, 0.29) is 0 Å². The summed E-state index contributed by atoms with van der Waals surface area (Å²) in [4.78, 5) is 8.85. The third kappa shape index (κ3) is 2.40. The van der Waals surface area contributed by atoms with Gasteiger partial charge in [-0.25, -0.2) is 4.98 Å². The average Bonchev–Trinajstić information content (AvgIpc) is 2.45. The number of hydrogen-bond acceptors (Lipinski definition) is 3. The zero-order valence-electron chi connectivity index (χ0n) is 11.5. The van der Waals surface area contributed by atoms with Gasteiger partial charge in [0.05, 0.1) is 22.9 Å². The molecule has 0 fully saturated rings. The first-order valence-corrected chi connectivity index (χ1v) is 6.61. The van der Waals surface area contributed by atoms with Crippen LogP contribution in [0.4, 0.5) is 0 Å². The van der Waals surface area contributed by atoms with E-state index in [0.717, 1.165) is 27.7 Å². The molecule has 20 heavy (non-hydrogen) atoms. The van der Waals surface area contributed by atoms with Crippen LogP contribution in [0.5, 0.6) is 0 Å². The Hall–Kier alpha value is -2.26. The molecule has 1 unspecified atom stereocenters. The summed E-state index contributed by atoms with van der Waals surface area (Å²) in [7, 11) is 0. The highest BCUT2D eigenvalue weighted by molar-refractivity contribution is 5.73. The standard InChI is InChI=1S/C17H16N2O/c1-11-7-12(2)9-13(8-11)17(20)16-10-18-14-5-3-4-6-15(14)19-16/h3-10,17,20H,1-2H3. The summed E-state index contributed by atoms with van der Waals surface area (Å²) in [6.07, 6.45) is 0.899. The van der Waals surface area contributed by atoms with Crippen LogP contribution >= 0.6 is 0 Å². The van der Waals surface area contributed by atoms with Crippen LogP contribution in [-0.4, -0.2) is 15.1 Å². The predicted octanol–water partition coefficient (Wildman–Crippen LogP) is 3.33. The number of para-hydroxylation sites is 2. The van der Waals surface area contributed by atoms with Crippen molar-refractivity contribution in [3.8, 4) is 0 Å². The van der Waals surface area contributed by atoms with E-state index in [1.54, 1.807) is 6.20 Å². The summed E-state index contributed by atoms with van der Waals surface area (Å²) in [6.45, 7) is 4.05. The SMILES string of the molecule is Cc1cc(C)cc(C(O)c2cnc3ccccc3n2)c1. The van der Waals surface area contributed by atoms with Crippen LogP contribution in [0.15, 0.2) is 48.7 Å². The molecular formula is C17H16N2O. The van der Waals surface area contributed by atoms with E-state index >= 15 is 0 Å². The number of aryl methyl sites for hydroxylation is 2. The topological polar surface area (TPSA) is 46.0 Å². The number of aliphatic hydroxyl groups excluding tert-OH is 1. The van der Waals surface area contributed by atoms with Gasteiger partial charge in [-0.3, -0.25) is 4.98 Å². The van der Waals surface area contributed by atoms with Crippen LogP contribution < -0.4 is 0 Å². The van der Waals surface area contributed by atoms with Gasteiger partial charge >= 0.3 is 0 Å². The highest BCUT2D eigenvalue weighted by Gasteiger charge is 2.13. The summed E-state index contributed by atoms with van der Waals surface area (Å²) < 4.78 is 0. The second-order valence-electron chi connectivity index (χ2n) is 5.11. The summed E-state index contributed by atoms with van der Waals surface area (Å²) >= 11 is 0. The van der Waals surface area contributed by atoms with Crippen LogP contribution in [0.1, 0.15) is 28.5 Å². The van der Waals surface area contributed by atoms with Crippen LogP contribution in [0.2, 0.25) is 0 Å². The molecule has 0 saturated carbocycles. The minimum atomic E-state index is -0.745. The Morgan fingerprint density at radius 2 is 1.60 bits per heavy atom. The molecule has 0 amide bonds. The number of aromatic nitrogens is 2. The van der Waals surface area contributed by atoms with Gasteiger partial charge in [-0.05, 0) is 31.5 Å². The van der Waals surface area contributed by atoms with E-state index < -0.39 is 6.10 Å². The van der Waals surface area contributed by atoms with Gasteiger partial charge in [0.2, 0.25) is 0 Å². The molecule has 3 heteroatoms. The minimum absolute atomic E-state index is 0.578. The van der Waals surface area contributed by atoms with Gasteiger partial charge in [0.25, 0.3) is 0 Å². The molecule has 3 rings (SSSR count). The molecular weight excluding hydrogens is 248 g/mol. The fourth-order valence-electron chi connectivity index (χ4n) is 2.44. The molecule has 1 aromatic heterocycles. The number of rotatable bonds is 2. The first kappa shape index (κ1) is 12.8. The van der Waals surface area contributed by atoms with Gasteiger partial charge in [0.15, 0.2) is 0 Å². The van der Waals surface area contributed by atoms with E-state index in [0.29, 0.717) is 5.69 Å². The smallest absolute Gasteiger partial charge is 0.123 e. The zero-order valence-corrected chi connectivity index (χ0v) is 11.5. The van der Waals surface area contributed by atoms with Crippen molar-refractivity contribution in [3.05, 3.63) is 71.0 Å². The Kier molecular flexibility index (Phi) is 3.20. The quantitative estimate of drug-likeness (QED) is 0.772. The van der Waals surface area contributed by atoms with E-state index in [1.807, 2.05) is 50.2 Å². The Balaban J connectivity index is 2.05. The second-order valence-corrected chi connectivity index (χ2v) is 5.11. The van der Waals surface area contributed by atoms with Crippen molar-refractivity contribution in [1.82, 2.24) is 9.97 Å². The fourth-order valence-corrected chi connectivity index (χ4v) is 2.44. The van der Waals surface area contributed by atoms with Gasteiger partial charge < -0.3 is 5.11 Å². The Bertz CT molecular complexity index is 748. The molecule has 3 nitrogen and oxygen atoms in total. The van der Waals surface area contributed by atoms with Gasteiger partial charge in [-0.15, -0.1) is 0 Å². The molecule has 0 aliphatic rings. The van der Waals surface area contributed by atoms with Gasteiger partial charge in [0, 0.05) is 0 Å². The van der Waals surface area contributed by atoms with Crippen LogP contribution in [0, 0.1) is 13.8 Å². The van der Waals surface area contributed by atoms with Crippen LogP contribution in [0.3, 0.4) is 0 Å². The molecule has 0 bridgehead atoms. The largest absolute Gasteiger partial charge is 0.382 e. The maximum absolute atomic E-state index is 10.5. The molecule has 1 atom stereocenters. The van der Waals surface area contributed by atoms with E-state index in [4.69, 9.17) is 0 Å². The van der Waals surface area contributed by atoms with E-state index in [1.165, 1.54) is 0 Å². The molecule has 0 aliphatic carbocycles. The molecule has 0 aliphatic heterocycles. The summed E-state index contributed by atoms with van der Waals surface area (Å²) in [5.41, 5.74) is 5.33. The number of nitrogens with zero attached hydrogens (tertiary/aromatic N) is 2. The lowest BCUT2D eigenvalue weighted by molar-refractivity contribution is 0.215. The number of aliphatic hydroxyl groups is 1. The molecule has 1 N–H and O–H groups in total. The average molecular weight is 264 g/mol. The summed E-state index contributed by atoms with van der Waals surface area (Å²) in [6, 6.07) is 13.7. The van der Waals surface area contributed by atoms with Crippen molar-refractivity contribution < 1.29 is 5.11 Å². The fraction of sp³-hybridized carbons (Fsp3) is 0.176. The molecule has 0 radical (unpaired) electrons. The lowest BCUT2D eigenvalue weighted by Gasteiger charge is -2.12. The lowest BCUT2D eigenvalue weighted by Crippen LogP contribution is -2.04. The Morgan fingerprint density at radius 3 is 2.30 bits per heavy atom. The maximum Gasteiger partial charge on any atom is 0.123 e.